The molecule has 38 heavy (non-hydrogen) atoms. The van der Waals surface area contributed by atoms with Crippen molar-refractivity contribution in [1.29, 1.82) is 0 Å². The van der Waals surface area contributed by atoms with Crippen molar-refractivity contribution in [3.05, 3.63) is 88.5 Å². The van der Waals surface area contributed by atoms with Crippen LogP contribution in [0.2, 0.25) is 0 Å². The number of benzene rings is 3. The van der Waals surface area contributed by atoms with Gasteiger partial charge in [0.1, 0.15) is 23.0 Å². The summed E-state index contributed by atoms with van der Waals surface area (Å²) in [6.45, 7) is 9.93. The normalized spacial score (nSPS) is 16.7. The van der Waals surface area contributed by atoms with Crippen LogP contribution in [0.1, 0.15) is 49.1 Å². The third kappa shape index (κ3) is 5.09. The van der Waals surface area contributed by atoms with E-state index in [9.17, 15) is 14.7 Å². The molecule has 7 nitrogen and oxygen atoms in total. The molecular formula is C31H33NO6. The number of aliphatic hydroxyl groups excluding tert-OH is 1. The van der Waals surface area contributed by atoms with Crippen molar-refractivity contribution in [2.75, 3.05) is 18.6 Å². The highest BCUT2D eigenvalue weighted by atomic mass is 16.5. The Morgan fingerprint density at radius 1 is 0.974 bits per heavy atom. The molecule has 1 aliphatic rings. The Morgan fingerprint density at radius 3 is 2.32 bits per heavy atom. The number of nitrogens with zero attached hydrogens (tertiary/aromatic N) is 1. The molecule has 0 spiro atoms. The monoisotopic (exact) mass is 515 g/mol. The van der Waals surface area contributed by atoms with Crippen LogP contribution in [-0.4, -0.2) is 36.6 Å². The first-order valence-electron chi connectivity index (χ1n) is 12.6. The number of rotatable bonds is 8. The van der Waals surface area contributed by atoms with Gasteiger partial charge in [0, 0.05) is 11.3 Å². The van der Waals surface area contributed by atoms with Crippen LogP contribution < -0.4 is 19.1 Å². The van der Waals surface area contributed by atoms with E-state index in [1.54, 1.807) is 49.6 Å². The summed E-state index contributed by atoms with van der Waals surface area (Å²) >= 11 is 0. The maximum absolute atomic E-state index is 13.5. The molecule has 1 unspecified atom stereocenters. The summed E-state index contributed by atoms with van der Waals surface area (Å²) in [5.41, 5.74) is 3.14. The zero-order valence-electron chi connectivity index (χ0n) is 22.6. The average Bonchev–Trinajstić information content (AvgIpc) is 3.15. The predicted molar refractivity (Wildman–Crippen MR) is 147 cm³/mol. The summed E-state index contributed by atoms with van der Waals surface area (Å²) in [5, 5.41) is 11.6. The Hall–Kier alpha value is -4.26. The van der Waals surface area contributed by atoms with Crippen molar-refractivity contribution < 1.29 is 28.9 Å². The van der Waals surface area contributed by atoms with Crippen molar-refractivity contribution in [3.8, 4) is 17.2 Å². The number of carbonyl (C=O) groups is 2. The molecule has 1 amide bonds. The van der Waals surface area contributed by atoms with Gasteiger partial charge >= 0.3 is 0 Å². The van der Waals surface area contributed by atoms with E-state index in [0.29, 0.717) is 46.2 Å². The van der Waals surface area contributed by atoms with Crippen LogP contribution >= 0.6 is 0 Å². The molecule has 1 saturated heterocycles. The number of aryl methyl sites for hydroxylation is 2. The van der Waals surface area contributed by atoms with Crippen LogP contribution in [-0.2, 0) is 9.59 Å². The molecule has 1 heterocycles. The van der Waals surface area contributed by atoms with Gasteiger partial charge in [-0.3, -0.25) is 14.5 Å². The van der Waals surface area contributed by atoms with Crippen LogP contribution in [0.15, 0.2) is 66.2 Å². The summed E-state index contributed by atoms with van der Waals surface area (Å²) < 4.78 is 16.9. The lowest BCUT2D eigenvalue weighted by Crippen LogP contribution is -2.29. The Balaban J connectivity index is 1.93. The molecule has 198 valence electrons. The first kappa shape index (κ1) is 26.8. The van der Waals surface area contributed by atoms with E-state index in [1.165, 1.54) is 4.90 Å². The van der Waals surface area contributed by atoms with Crippen LogP contribution in [0.3, 0.4) is 0 Å². The van der Waals surface area contributed by atoms with E-state index in [1.807, 2.05) is 52.8 Å². The minimum Gasteiger partial charge on any atom is -0.507 e. The number of ketones is 1. The molecule has 1 N–H and O–H groups in total. The summed E-state index contributed by atoms with van der Waals surface area (Å²) in [7, 11) is 1.58. The number of anilines is 1. The zero-order valence-corrected chi connectivity index (χ0v) is 22.6. The Labute approximate surface area is 223 Å². The topological polar surface area (TPSA) is 85.3 Å². The summed E-state index contributed by atoms with van der Waals surface area (Å²) in [6.07, 6.45) is -0.0624. The van der Waals surface area contributed by atoms with Gasteiger partial charge in [-0.2, -0.15) is 0 Å². The van der Waals surface area contributed by atoms with Gasteiger partial charge in [-0.15, -0.1) is 0 Å². The van der Waals surface area contributed by atoms with E-state index < -0.39 is 17.7 Å². The zero-order chi connectivity index (χ0) is 27.6. The van der Waals surface area contributed by atoms with E-state index in [-0.39, 0.29) is 17.4 Å². The summed E-state index contributed by atoms with van der Waals surface area (Å²) in [4.78, 5) is 28.5. The van der Waals surface area contributed by atoms with Crippen LogP contribution in [0.25, 0.3) is 5.76 Å². The highest BCUT2D eigenvalue weighted by Gasteiger charge is 2.47. The van der Waals surface area contributed by atoms with Crippen molar-refractivity contribution >= 4 is 23.1 Å². The van der Waals surface area contributed by atoms with Crippen LogP contribution in [0.4, 0.5) is 5.69 Å². The first-order valence-corrected chi connectivity index (χ1v) is 12.6. The number of carbonyl (C=O) groups excluding carboxylic acids is 2. The second-order valence-corrected chi connectivity index (χ2v) is 9.47. The number of aliphatic hydroxyl groups is 1. The van der Waals surface area contributed by atoms with Crippen molar-refractivity contribution in [2.24, 2.45) is 0 Å². The van der Waals surface area contributed by atoms with Crippen molar-refractivity contribution in [1.82, 2.24) is 0 Å². The molecule has 0 aliphatic carbocycles. The van der Waals surface area contributed by atoms with Gasteiger partial charge in [0.15, 0.2) is 0 Å². The molecule has 7 heteroatoms. The number of amides is 1. The number of methoxy groups -OCH3 is 1. The molecule has 4 rings (SSSR count). The van der Waals surface area contributed by atoms with Gasteiger partial charge in [0.05, 0.1) is 31.4 Å². The van der Waals surface area contributed by atoms with Crippen molar-refractivity contribution in [2.45, 2.75) is 46.8 Å². The van der Waals surface area contributed by atoms with Crippen molar-refractivity contribution in [3.63, 3.8) is 0 Å². The Kier molecular flexibility index (Phi) is 7.76. The molecule has 3 aromatic carbocycles. The first-order chi connectivity index (χ1) is 18.2. The molecule has 0 aromatic heterocycles. The Morgan fingerprint density at radius 2 is 1.68 bits per heavy atom. The highest BCUT2D eigenvalue weighted by molar-refractivity contribution is 6.51. The van der Waals surface area contributed by atoms with Gasteiger partial charge in [-0.05, 0) is 99.8 Å². The standard InChI is InChI=1S/C31H33NO6/c1-7-37-23-13-11-22(12-14-23)32-28(21-9-8-10-24(17-21)38-18(2)3)27(30(34)31(32)35)29(33)25-15-20(5)26(36-6)16-19(25)4/h8-18,28,33H,7H2,1-6H3/b29-27+. The quantitative estimate of drug-likeness (QED) is 0.221. The molecule has 0 radical (unpaired) electrons. The minimum atomic E-state index is -0.870. The van der Waals surface area contributed by atoms with Crippen LogP contribution in [0.5, 0.6) is 17.2 Å². The molecular weight excluding hydrogens is 482 g/mol. The lowest BCUT2D eigenvalue weighted by molar-refractivity contribution is -0.132. The lowest BCUT2D eigenvalue weighted by Gasteiger charge is -2.26. The Bertz CT molecular complexity index is 1390. The molecule has 1 aliphatic heterocycles. The SMILES string of the molecule is CCOc1ccc(N2C(=O)C(=O)/C(=C(/O)c3cc(C)c(OC)cc3C)C2c2cccc(OC(C)C)c2)cc1. The van der Waals surface area contributed by atoms with Gasteiger partial charge in [-0.1, -0.05) is 12.1 Å². The maximum atomic E-state index is 13.5. The van der Waals surface area contributed by atoms with E-state index in [4.69, 9.17) is 14.2 Å². The molecule has 0 saturated carbocycles. The molecule has 1 atom stereocenters. The molecule has 1 fully saturated rings. The predicted octanol–water partition coefficient (Wildman–Crippen LogP) is 6.12. The number of hydrogen-bond donors (Lipinski definition) is 1. The smallest absolute Gasteiger partial charge is 0.300 e. The summed E-state index contributed by atoms with van der Waals surface area (Å²) in [6, 6.07) is 16.9. The number of Topliss-reactive ketones (excluding diaryl/α,β-unsaturated/α-hetero) is 1. The van der Waals surface area contributed by atoms with E-state index in [0.717, 1.165) is 5.56 Å². The van der Waals surface area contributed by atoms with E-state index >= 15 is 0 Å². The summed E-state index contributed by atoms with van der Waals surface area (Å²) in [5.74, 6) is 0.208. The fraction of sp³-hybridized carbons (Fsp3) is 0.290. The van der Waals surface area contributed by atoms with E-state index in [2.05, 4.69) is 0 Å². The fourth-order valence-corrected chi connectivity index (χ4v) is 4.72. The van der Waals surface area contributed by atoms with Gasteiger partial charge in [-0.25, -0.2) is 0 Å². The molecule has 3 aromatic rings. The second kappa shape index (κ2) is 11.0. The van der Waals surface area contributed by atoms with Gasteiger partial charge in [0.2, 0.25) is 0 Å². The third-order valence-corrected chi connectivity index (χ3v) is 6.41. The second-order valence-electron chi connectivity index (χ2n) is 9.47. The fourth-order valence-electron chi connectivity index (χ4n) is 4.72. The number of hydrogen-bond acceptors (Lipinski definition) is 6. The maximum Gasteiger partial charge on any atom is 0.300 e. The van der Waals surface area contributed by atoms with Gasteiger partial charge in [0.25, 0.3) is 11.7 Å². The van der Waals surface area contributed by atoms with Gasteiger partial charge < -0.3 is 19.3 Å². The lowest BCUT2D eigenvalue weighted by atomic mass is 9.93. The average molecular weight is 516 g/mol. The third-order valence-electron chi connectivity index (χ3n) is 6.41. The molecule has 0 bridgehead atoms. The minimum absolute atomic E-state index is 0.0123. The number of ether oxygens (including phenoxy) is 3. The highest BCUT2D eigenvalue weighted by Crippen LogP contribution is 2.44. The van der Waals surface area contributed by atoms with Crippen LogP contribution in [0, 0.1) is 13.8 Å². The largest absolute Gasteiger partial charge is 0.507 e.